The number of hydrogen-bond donors (Lipinski definition) is 1. The van der Waals surface area contributed by atoms with Gasteiger partial charge in [-0.2, -0.15) is 0 Å². The van der Waals surface area contributed by atoms with E-state index in [9.17, 15) is 0 Å². The lowest BCUT2D eigenvalue weighted by Gasteiger charge is -2.19. The van der Waals surface area contributed by atoms with Crippen LogP contribution in [0.3, 0.4) is 0 Å². The molecule has 2 nitrogen and oxygen atoms in total. The largest absolute Gasteiger partial charge is 0.492 e. The van der Waals surface area contributed by atoms with E-state index in [-0.39, 0.29) is 6.04 Å². The predicted molar refractivity (Wildman–Crippen MR) is 93.5 cm³/mol. The Bertz CT molecular complexity index is 566. The summed E-state index contributed by atoms with van der Waals surface area (Å²) in [5, 5.41) is 3.53. The fourth-order valence-electron chi connectivity index (χ4n) is 2.09. The lowest BCUT2D eigenvalue weighted by molar-refractivity contribution is 0.341. The van der Waals surface area contributed by atoms with E-state index in [2.05, 4.69) is 84.2 Å². The monoisotopic (exact) mass is 381 g/mol. The SMILES string of the molecule is CCOc1cc(C)ccc1NC(C)c1ccc(I)cc1. The zero-order valence-electron chi connectivity index (χ0n) is 12.1. The summed E-state index contributed by atoms with van der Waals surface area (Å²) in [7, 11) is 0. The van der Waals surface area contributed by atoms with Crippen molar-refractivity contribution in [2.75, 3.05) is 11.9 Å². The third-order valence-corrected chi connectivity index (χ3v) is 3.90. The molecule has 3 heteroatoms. The van der Waals surface area contributed by atoms with Gasteiger partial charge in [-0.1, -0.05) is 18.2 Å². The molecule has 20 heavy (non-hydrogen) atoms. The Balaban J connectivity index is 2.18. The Kier molecular flexibility index (Phi) is 5.29. The average molecular weight is 381 g/mol. The van der Waals surface area contributed by atoms with E-state index in [1.807, 2.05) is 6.92 Å². The zero-order chi connectivity index (χ0) is 14.5. The van der Waals surface area contributed by atoms with Gasteiger partial charge >= 0.3 is 0 Å². The molecule has 106 valence electrons. The Labute approximate surface area is 134 Å². The van der Waals surface area contributed by atoms with Gasteiger partial charge in [-0.3, -0.25) is 0 Å². The first kappa shape index (κ1) is 15.2. The number of rotatable bonds is 5. The van der Waals surface area contributed by atoms with Crippen LogP contribution >= 0.6 is 22.6 Å². The summed E-state index contributed by atoms with van der Waals surface area (Å²) in [5.41, 5.74) is 3.53. The molecule has 0 fully saturated rings. The lowest BCUT2D eigenvalue weighted by Crippen LogP contribution is -2.08. The maximum absolute atomic E-state index is 5.71. The Hall–Kier alpha value is -1.23. The number of aryl methyl sites for hydroxylation is 1. The molecule has 0 heterocycles. The van der Waals surface area contributed by atoms with Crippen molar-refractivity contribution in [3.63, 3.8) is 0 Å². The van der Waals surface area contributed by atoms with Gasteiger partial charge in [-0.25, -0.2) is 0 Å². The predicted octanol–water partition coefficient (Wildman–Crippen LogP) is 5.17. The van der Waals surface area contributed by atoms with Gasteiger partial charge in [-0.15, -0.1) is 0 Å². The van der Waals surface area contributed by atoms with Gasteiger partial charge in [0.25, 0.3) is 0 Å². The molecule has 0 saturated carbocycles. The Morgan fingerprint density at radius 3 is 2.50 bits per heavy atom. The minimum Gasteiger partial charge on any atom is -0.492 e. The first-order valence-corrected chi connectivity index (χ1v) is 7.93. The molecule has 0 spiro atoms. The summed E-state index contributed by atoms with van der Waals surface area (Å²) >= 11 is 2.32. The molecule has 2 aromatic carbocycles. The highest BCUT2D eigenvalue weighted by Gasteiger charge is 2.09. The number of anilines is 1. The summed E-state index contributed by atoms with van der Waals surface area (Å²) in [4.78, 5) is 0. The third-order valence-electron chi connectivity index (χ3n) is 3.18. The fraction of sp³-hybridized carbons (Fsp3) is 0.294. The van der Waals surface area contributed by atoms with Crippen LogP contribution in [0, 0.1) is 10.5 Å². The van der Waals surface area contributed by atoms with Gasteiger partial charge in [0.15, 0.2) is 0 Å². The molecular formula is C17H20INO. The maximum atomic E-state index is 5.71. The van der Waals surface area contributed by atoms with Crippen LogP contribution in [0.2, 0.25) is 0 Å². The molecule has 1 atom stereocenters. The summed E-state index contributed by atoms with van der Waals surface area (Å²) in [6, 6.07) is 15.1. The molecular weight excluding hydrogens is 361 g/mol. The van der Waals surface area contributed by atoms with Crippen LogP contribution in [-0.2, 0) is 0 Å². The average Bonchev–Trinajstić information content (AvgIpc) is 2.43. The molecule has 2 rings (SSSR count). The first-order valence-electron chi connectivity index (χ1n) is 6.85. The highest BCUT2D eigenvalue weighted by Crippen LogP contribution is 2.29. The van der Waals surface area contributed by atoms with Crippen LogP contribution in [0.25, 0.3) is 0 Å². The zero-order valence-corrected chi connectivity index (χ0v) is 14.3. The highest BCUT2D eigenvalue weighted by atomic mass is 127. The van der Waals surface area contributed by atoms with Crippen molar-refractivity contribution in [2.45, 2.75) is 26.8 Å². The molecule has 0 aromatic heterocycles. The second-order valence-corrected chi connectivity index (χ2v) is 6.10. The van der Waals surface area contributed by atoms with E-state index in [0.717, 1.165) is 11.4 Å². The van der Waals surface area contributed by atoms with Crippen LogP contribution in [0.4, 0.5) is 5.69 Å². The van der Waals surface area contributed by atoms with E-state index >= 15 is 0 Å². The molecule has 2 aromatic rings. The van der Waals surface area contributed by atoms with Crippen LogP contribution in [0.1, 0.15) is 31.0 Å². The topological polar surface area (TPSA) is 21.3 Å². The van der Waals surface area contributed by atoms with Gasteiger partial charge < -0.3 is 10.1 Å². The van der Waals surface area contributed by atoms with Crippen LogP contribution in [-0.4, -0.2) is 6.61 Å². The van der Waals surface area contributed by atoms with Gasteiger partial charge in [0.2, 0.25) is 0 Å². The molecule has 0 radical (unpaired) electrons. The fourth-order valence-corrected chi connectivity index (χ4v) is 2.45. The number of hydrogen-bond acceptors (Lipinski definition) is 2. The number of halogens is 1. The molecule has 1 N–H and O–H groups in total. The number of benzene rings is 2. The van der Waals surface area contributed by atoms with E-state index < -0.39 is 0 Å². The Morgan fingerprint density at radius 2 is 1.85 bits per heavy atom. The van der Waals surface area contributed by atoms with Crippen molar-refractivity contribution < 1.29 is 4.74 Å². The van der Waals surface area contributed by atoms with E-state index in [4.69, 9.17) is 4.74 Å². The van der Waals surface area contributed by atoms with Crippen LogP contribution < -0.4 is 10.1 Å². The number of ether oxygens (including phenoxy) is 1. The standard InChI is InChI=1S/C17H20INO/c1-4-20-17-11-12(2)5-10-16(17)19-13(3)14-6-8-15(18)9-7-14/h5-11,13,19H,4H2,1-3H3. The van der Waals surface area contributed by atoms with Crippen molar-refractivity contribution in [2.24, 2.45) is 0 Å². The maximum Gasteiger partial charge on any atom is 0.142 e. The molecule has 0 aliphatic carbocycles. The van der Waals surface area contributed by atoms with Gasteiger partial charge in [-0.05, 0) is 78.8 Å². The highest BCUT2D eigenvalue weighted by molar-refractivity contribution is 14.1. The summed E-state index contributed by atoms with van der Waals surface area (Å²) in [6.45, 7) is 6.93. The second-order valence-electron chi connectivity index (χ2n) is 4.85. The van der Waals surface area contributed by atoms with E-state index in [1.165, 1.54) is 14.7 Å². The van der Waals surface area contributed by atoms with Crippen LogP contribution in [0.15, 0.2) is 42.5 Å². The van der Waals surface area contributed by atoms with Gasteiger partial charge in [0, 0.05) is 9.61 Å². The smallest absolute Gasteiger partial charge is 0.142 e. The van der Waals surface area contributed by atoms with Crippen molar-refractivity contribution >= 4 is 28.3 Å². The molecule has 1 unspecified atom stereocenters. The third kappa shape index (κ3) is 3.88. The molecule has 0 bridgehead atoms. The van der Waals surface area contributed by atoms with Crippen LogP contribution in [0.5, 0.6) is 5.75 Å². The van der Waals surface area contributed by atoms with Gasteiger partial charge in [0.1, 0.15) is 5.75 Å². The lowest BCUT2D eigenvalue weighted by atomic mass is 10.1. The number of nitrogens with one attached hydrogen (secondary N) is 1. The van der Waals surface area contributed by atoms with E-state index in [0.29, 0.717) is 6.61 Å². The molecule has 0 aliphatic heterocycles. The van der Waals surface area contributed by atoms with Crippen molar-refractivity contribution in [1.29, 1.82) is 0 Å². The summed E-state index contributed by atoms with van der Waals surface area (Å²) < 4.78 is 6.96. The van der Waals surface area contributed by atoms with Crippen molar-refractivity contribution in [1.82, 2.24) is 0 Å². The first-order chi connectivity index (χ1) is 9.60. The Morgan fingerprint density at radius 1 is 1.15 bits per heavy atom. The van der Waals surface area contributed by atoms with Crippen molar-refractivity contribution in [3.05, 3.63) is 57.2 Å². The minimum absolute atomic E-state index is 0.244. The normalized spacial score (nSPS) is 12.0. The second kappa shape index (κ2) is 6.97. The van der Waals surface area contributed by atoms with E-state index in [1.54, 1.807) is 0 Å². The van der Waals surface area contributed by atoms with Crippen molar-refractivity contribution in [3.8, 4) is 5.75 Å². The summed E-state index contributed by atoms with van der Waals surface area (Å²) in [6.07, 6.45) is 0. The quantitative estimate of drug-likeness (QED) is 0.722. The molecule has 0 saturated heterocycles. The minimum atomic E-state index is 0.244. The molecule has 0 amide bonds. The summed E-state index contributed by atoms with van der Waals surface area (Å²) in [5.74, 6) is 0.921. The van der Waals surface area contributed by atoms with Gasteiger partial charge in [0.05, 0.1) is 12.3 Å². The molecule has 0 aliphatic rings.